The number of anilines is 3. The molecule has 73 heavy (non-hydrogen) atoms. The fourth-order valence-corrected chi connectivity index (χ4v) is 12.6. The van der Waals surface area contributed by atoms with Crippen molar-refractivity contribution in [1.82, 2.24) is 0 Å². The molecule has 0 N–H and O–H groups in total. The zero-order chi connectivity index (χ0) is 48.3. The van der Waals surface area contributed by atoms with Crippen LogP contribution in [0.25, 0.3) is 66.4 Å². The minimum atomic E-state index is -0.506. The van der Waals surface area contributed by atoms with Crippen molar-refractivity contribution in [1.29, 1.82) is 0 Å². The van der Waals surface area contributed by atoms with Gasteiger partial charge in [0.05, 0.1) is 16.8 Å². The Morgan fingerprint density at radius 3 is 1.25 bits per heavy atom. The molecular weight excluding hydrogens is 878 g/mol. The van der Waals surface area contributed by atoms with E-state index in [9.17, 15) is 0 Å². The van der Waals surface area contributed by atoms with Gasteiger partial charge in [0, 0.05) is 5.69 Å². The number of hydrogen-bond acceptors (Lipinski definition) is 1. The number of rotatable bonds is 8. The molecule has 0 bridgehead atoms. The Morgan fingerprint density at radius 1 is 0.274 bits per heavy atom. The molecule has 0 saturated carbocycles. The van der Waals surface area contributed by atoms with Gasteiger partial charge in [-0.1, -0.05) is 283 Å². The molecule has 14 rings (SSSR count). The summed E-state index contributed by atoms with van der Waals surface area (Å²) in [7, 11) is 0. The van der Waals surface area contributed by atoms with Crippen molar-refractivity contribution in [3.63, 3.8) is 0 Å². The van der Waals surface area contributed by atoms with E-state index in [1.807, 2.05) is 0 Å². The maximum atomic E-state index is 2.46. The average Bonchev–Trinajstić information content (AvgIpc) is 3.82. The van der Waals surface area contributed by atoms with E-state index in [2.05, 4.69) is 296 Å². The van der Waals surface area contributed by atoms with Crippen molar-refractivity contribution in [2.24, 2.45) is 0 Å². The summed E-state index contributed by atoms with van der Waals surface area (Å²) >= 11 is 0. The van der Waals surface area contributed by atoms with Gasteiger partial charge in [-0.05, 0) is 113 Å². The lowest BCUT2D eigenvalue weighted by atomic mass is 9.37. The molecule has 0 atom stereocenters. The second-order valence-corrected chi connectivity index (χ2v) is 19.4. The minimum absolute atomic E-state index is 0.0294. The van der Waals surface area contributed by atoms with Crippen LogP contribution in [0.3, 0.4) is 0 Å². The van der Waals surface area contributed by atoms with Crippen molar-refractivity contribution in [2.75, 3.05) is 4.90 Å². The molecule has 0 unspecified atom stereocenters. The van der Waals surface area contributed by atoms with E-state index in [1.165, 1.54) is 116 Å². The van der Waals surface area contributed by atoms with E-state index in [0.29, 0.717) is 0 Å². The van der Waals surface area contributed by atoms with Crippen LogP contribution in [-0.2, 0) is 5.41 Å². The maximum absolute atomic E-state index is 2.46. The summed E-state index contributed by atoms with van der Waals surface area (Å²) < 4.78 is 0. The first-order chi connectivity index (χ1) is 36.3. The Balaban J connectivity index is 0.915. The highest BCUT2D eigenvalue weighted by atomic mass is 15.2. The summed E-state index contributed by atoms with van der Waals surface area (Å²) in [5.74, 6) is 0. The molecule has 0 amide bonds. The lowest BCUT2D eigenvalue weighted by Crippen LogP contribution is -2.50. The largest absolute Gasteiger partial charge is 0.310 e. The van der Waals surface area contributed by atoms with Crippen LogP contribution in [0.1, 0.15) is 22.3 Å². The van der Waals surface area contributed by atoms with E-state index in [-0.39, 0.29) is 6.71 Å². The van der Waals surface area contributed by atoms with Crippen LogP contribution >= 0.6 is 0 Å². The third-order valence-electron chi connectivity index (χ3n) is 15.6. The third-order valence-corrected chi connectivity index (χ3v) is 15.6. The van der Waals surface area contributed by atoms with Gasteiger partial charge in [0.25, 0.3) is 0 Å². The molecule has 12 aromatic carbocycles. The molecule has 12 aromatic rings. The van der Waals surface area contributed by atoms with Crippen LogP contribution in [0.15, 0.2) is 291 Å². The molecule has 2 heterocycles. The Bertz CT molecular complexity index is 3900. The van der Waals surface area contributed by atoms with Crippen molar-refractivity contribution in [2.45, 2.75) is 5.41 Å². The summed E-state index contributed by atoms with van der Waals surface area (Å²) in [4.78, 5) is 2.46. The molecule has 0 aliphatic carbocycles. The number of para-hydroxylation sites is 2. The second kappa shape index (κ2) is 17.6. The molecule has 0 spiro atoms. The van der Waals surface area contributed by atoms with Gasteiger partial charge in [-0.25, -0.2) is 0 Å². The number of fused-ring (bicyclic) bond motifs is 6. The molecule has 2 aliphatic heterocycles. The van der Waals surface area contributed by atoms with Crippen molar-refractivity contribution < 1.29 is 0 Å². The monoisotopic (exact) mass is 925 g/mol. The standard InChI is InChI=1S/C71H48BN/c1-6-23-51(24-7-1)58-35-22-36-61-68-66(52-25-8-2-9-26-52)59-33-16-17-34-60(59)67(53-27-10-3-11-28-53)70(68)72(69(58)61)56-45-41-49(42-46-56)50-43-47-57(48-44-50)73-64-39-20-18-37-62(64)71(54-29-12-4-13-30-54,55-31-14-5-15-32-55)63-38-19-21-40-65(63)73/h1-48H. The van der Waals surface area contributed by atoms with E-state index in [0.717, 1.165) is 5.69 Å². The molecule has 0 fully saturated rings. The molecule has 0 radical (unpaired) electrons. The summed E-state index contributed by atoms with van der Waals surface area (Å²) in [5, 5.41) is 2.54. The van der Waals surface area contributed by atoms with Gasteiger partial charge in [0.2, 0.25) is 6.71 Å². The zero-order valence-corrected chi connectivity index (χ0v) is 40.2. The zero-order valence-electron chi connectivity index (χ0n) is 40.2. The Hall–Kier alpha value is -9.24. The van der Waals surface area contributed by atoms with Crippen LogP contribution in [-0.4, -0.2) is 6.71 Å². The normalized spacial score (nSPS) is 13.0. The van der Waals surface area contributed by atoms with Crippen LogP contribution in [0, 0.1) is 0 Å². The molecule has 2 aliphatic rings. The molecule has 340 valence electrons. The highest BCUT2D eigenvalue weighted by Crippen LogP contribution is 2.57. The first-order valence-electron chi connectivity index (χ1n) is 25.5. The summed E-state index contributed by atoms with van der Waals surface area (Å²) in [6.45, 7) is -0.0294. The van der Waals surface area contributed by atoms with Crippen molar-refractivity contribution in [3.8, 4) is 55.6 Å². The topological polar surface area (TPSA) is 3.24 Å². The molecule has 1 nitrogen and oxygen atoms in total. The summed E-state index contributed by atoms with van der Waals surface area (Å²) in [6.07, 6.45) is 0. The molecule has 0 aromatic heterocycles. The SMILES string of the molecule is c1ccc(-c2cccc3c2B(c2ccc(-c4ccc(N5c6ccccc6C(c6ccccc6)(c6ccccc6)c6ccccc65)cc4)cc2)c2c-3c(-c3ccccc3)c3ccccc3c2-c2ccccc2)cc1. The molecule has 0 saturated heterocycles. The highest BCUT2D eigenvalue weighted by molar-refractivity contribution is 7.01. The quantitative estimate of drug-likeness (QED) is 0.137. The summed E-state index contributed by atoms with van der Waals surface area (Å²) in [6, 6.07) is 108. The third kappa shape index (κ3) is 6.72. The lowest BCUT2D eigenvalue weighted by molar-refractivity contribution is 0.731. The Morgan fingerprint density at radius 2 is 0.699 bits per heavy atom. The second-order valence-electron chi connectivity index (χ2n) is 19.4. The predicted octanol–water partition coefficient (Wildman–Crippen LogP) is 16.2. The van der Waals surface area contributed by atoms with E-state index in [4.69, 9.17) is 0 Å². The first kappa shape index (κ1) is 42.6. The summed E-state index contributed by atoms with van der Waals surface area (Å²) in [5.41, 5.74) is 24.5. The van der Waals surface area contributed by atoms with E-state index < -0.39 is 5.41 Å². The maximum Gasteiger partial charge on any atom is 0.244 e. The van der Waals surface area contributed by atoms with Gasteiger partial charge in [-0.15, -0.1) is 0 Å². The van der Waals surface area contributed by atoms with Crippen LogP contribution in [0.4, 0.5) is 17.1 Å². The van der Waals surface area contributed by atoms with E-state index >= 15 is 0 Å². The fraction of sp³-hybridized carbons (Fsp3) is 0.0141. The Kier molecular flexibility index (Phi) is 10.3. The lowest BCUT2D eigenvalue weighted by Gasteiger charge is -2.46. The van der Waals surface area contributed by atoms with Gasteiger partial charge in [-0.3, -0.25) is 0 Å². The Labute approximate surface area is 428 Å². The van der Waals surface area contributed by atoms with Crippen molar-refractivity contribution in [3.05, 3.63) is 313 Å². The molecular formula is C71H48BN. The number of benzene rings is 12. The van der Waals surface area contributed by atoms with Gasteiger partial charge in [-0.2, -0.15) is 0 Å². The van der Waals surface area contributed by atoms with Gasteiger partial charge in [0.1, 0.15) is 0 Å². The van der Waals surface area contributed by atoms with Gasteiger partial charge >= 0.3 is 0 Å². The number of nitrogens with zero attached hydrogens (tertiary/aromatic N) is 1. The fourth-order valence-electron chi connectivity index (χ4n) is 12.6. The van der Waals surface area contributed by atoms with Crippen molar-refractivity contribution >= 4 is 50.9 Å². The highest BCUT2D eigenvalue weighted by Gasteiger charge is 2.46. The van der Waals surface area contributed by atoms with Crippen LogP contribution < -0.4 is 21.3 Å². The van der Waals surface area contributed by atoms with Crippen LogP contribution in [0.2, 0.25) is 0 Å². The molecule has 2 heteroatoms. The predicted molar refractivity (Wildman–Crippen MR) is 309 cm³/mol. The minimum Gasteiger partial charge on any atom is -0.310 e. The number of hydrogen-bond donors (Lipinski definition) is 0. The van der Waals surface area contributed by atoms with Gasteiger partial charge in [0.15, 0.2) is 0 Å². The smallest absolute Gasteiger partial charge is 0.244 e. The first-order valence-corrected chi connectivity index (χ1v) is 25.5. The average molecular weight is 926 g/mol. The van der Waals surface area contributed by atoms with Gasteiger partial charge < -0.3 is 4.90 Å². The van der Waals surface area contributed by atoms with E-state index in [1.54, 1.807) is 0 Å². The van der Waals surface area contributed by atoms with Crippen LogP contribution in [0.5, 0.6) is 0 Å².